The number of aromatic nitrogens is 2. The molecule has 0 spiro atoms. The van der Waals surface area contributed by atoms with Crippen LogP contribution in [-0.2, 0) is 32.1 Å². The normalized spacial score (nSPS) is 11.9. The highest BCUT2D eigenvalue weighted by Crippen LogP contribution is 2.51. The summed E-state index contributed by atoms with van der Waals surface area (Å²) in [6, 6.07) is 37.6. The van der Waals surface area contributed by atoms with Crippen LogP contribution < -0.4 is 0 Å². The number of carbonyl (C=O) groups excluding carboxylic acids is 1. The van der Waals surface area contributed by atoms with E-state index >= 15 is 0 Å². The number of benzene rings is 6. The number of carbonyl (C=O) groups is 1. The van der Waals surface area contributed by atoms with Gasteiger partial charge < -0.3 is 9.05 Å². The molecule has 6 aromatic carbocycles. The third-order valence-electron chi connectivity index (χ3n) is 9.55. The van der Waals surface area contributed by atoms with Crippen LogP contribution in [0, 0.1) is 13.8 Å². The number of rotatable bonds is 11. The van der Waals surface area contributed by atoms with Crippen molar-refractivity contribution in [2.24, 2.45) is 0 Å². The highest BCUT2D eigenvalue weighted by molar-refractivity contribution is 7.53. The van der Waals surface area contributed by atoms with Gasteiger partial charge in [-0.2, -0.15) is 26.3 Å². The number of fused-ring (bicyclic) bond motifs is 2. The summed E-state index contributed by atoms with van der Waals surface area (Å²) in [6.45, 7) is 8.55. The molecule has 0 radical (unpaired) electrons. The smallest absolute Gasteiger partial charge is 0.309 e. The van der Waals surface area contributed by atoms with Gasteiger partial charge in [-0.1, -0.05) is 97.1 Å². The average Bonchev–Trinajstić information content (AvgIpc) is 3.90. The van der Waals surface area contributed by atoms with Gasteiger partial charge in [-0.25, -0.2) is 9.97 Å². The fraction of sp³-hybridized carbons (Fsp3) is 0.180. The molecule has 0 aliphatic heterocycles. The van der Waals surface area contributed by atoms with E-state index in [1.165, 1.54) is 32.7 Å². The molecule has 0 saturated heterocycles. The van der Waals surface area contributed by atoms with Crippen LogP contribution in [0.4, 0.5) is 26.3 Å². The molecule has 0 aliphatic rings. The zero-order valence-corrected chi connectivity index (χ0v) is 38.1. The van der Waals surface area contributed by atoms with Gasteiger partial charge in [0.05, 0.1) is 50.9 Å². The fourth-order valence-corrected chi connectivity index (χ4v) is 10.1. The van der Waals surface area contributed by atoms with Crippen molar-refractivity contribution in [3.8, 4) is 21.1 Å². The summed E-state index contributed by atoms with van der Waals surface area (Å²) in [4.78, 5) is 19.5. The van der Waals surface area contributed by atoms with E-state index in [4.69, 9.17) is 14.0 Å². The Labute approximate surface area is 380 Å². The number of hydrogen-bond acceptors (Lipinski definition) is 8. The SMILES string of the molecule is CCOP(=O)(Cc1ccc(-c2nc3ccc(C)cc3s2)cc1)OCC.Cc1ccc2nc(-c3ccc(/C=C/c4ccc(C(F)(F)F)cc4)cc3)sc2c1.O=Cc1ccc(C(F)(F)F)cc1. The molecule has 15 heteroatoms. The lowest BCUT2D eigenvalue weighted by atomic mass is 10.1. The van der Waals surface area contributed by atoms with Crippen LogP contribution >= 0.6 is 30.3 Å². The van der Waals surface area contributed by atoms with Crippen LogP contribution in [0.25, 0.3) is 53.7 Å². The van der Waals surface area contributed by atoms with Gasteiger partial charge in [0.2, 0.25) is 0 Å². The van der Waals surface area contributed by atoms with E-state index in [0.717, 1.165) is 85.3 Å². The van der Waals surface area contributed by atoms with Crippen molar-refractivity contribution >= 4 is 69.1 Å². The lowest BCUT2D eigenvalue weighted by Crippen LogP contribution is -2.04. The van der Waals surface area contributed by atoms with E-state index < -0.39 is 31.1 Å². The lowest BCUT2D eigenvalue weighted by molar-refractivity contribution is -0.138. The Morgan fingerprint density at radius 1 is 0.554 bits per heavy atom. The van der Waals surface area contributed by atoms with Crippen LogP contribution in [0.2, 0.25) is 0 Å². The molecule has 0 saturated carbocycles. The van der Waals surface area contributed by atoms with Crippen molar-refractivity contribution in [2.45, 2.75) is 46.2 Å². The number of aldehydes is 1. The molecular formula is C50H43F6N2O4PS2. The number of halogens is 6. The molecule has 8 rings (SSSR count). The highest BCUT2D eigenvalue weighted by Gasteiger charge is 2.30. The van der Waals surface area contributed by atoms with Crippen molar-refractivity contribution in [2.75, 3.05) is 13.2 Å². The zero-order chi connectivity index (χ0) is 46.8. The van der Waals surface area contributed by atoms with Crippen LogP contribution in [0.5, 0.6) is 0 Å². The molecule has 2 heterocycles. The molecule has 0 N–H and O–H groups in total. The first kappa shape index (κ1) is 48.7. The van der Waals surface area contributed by atoms with E-state index in [9.17, 15) is 35.7 Å². The van der Waals surface area contributed by atoms with Gasteiger partial charge in [0.1, 0.15) is 16.3 Å². The third-order valence-corrected chi connectivity index (χ3v) is 13.7. The van der Waals surface area contributed by atoms with Gasteiger partial charge in [0.25, 0.3) is 0 Å². The number of nitrogens with zero attached hydrogens (tertiary/aromatic N) is 2. The second-order valence-electron chi connectivity index (χ2n) is 14.6. The molecule has 2 aromatic heterocycles. The van der Waals surface area contributed by atoms with Gasteiger partial charge in [-0.05, 0) is 104 Å². The first-order chi connectivity index (χ1) is 30.9. The van der Waals surface area contributed by atoms with Gasteiger partial charge >= 0.3 is 19.9 Å². The second kappa shape index (κ2) is 21.5. The number of hydrogen-bond donors (Lipinski definition) is 0. The standard InChI is InChI=1S/C23H16F3NS.C19H22NO3PS.C8H5F3O/c1-15-2-13-20-21(14-15)28-22(27-20)18-9-5-16(6-10-18)3-4-17-7-11-19(12-8-17)23(24,25)26;1-4-22-24(21,23-5-2)13-15-7-9-16(10-8-15)19-20-17-11-6-14(3)12-18(17)25-19;9-8(10,11)7-3-1-6(5-12)2-4-7/h2-14H,1H3;6-12H,4-5,13H2,1-3H3;1-5H/b4-3+;;. The highest BCUT2D eigenvalue weighted by atomic mass is 32.1. The Bertz CT molecular complexity index is 2900. The van der Waals surface area contributed by atoms with Crippen LogP contribution in [0.15, 0.2) is 133 Å². The van der Waals surface area contributed by atoms with Crippen LogP contribution in [0.3, 0.4) is 0 Å². The summed E-state index contributed by atoms with van der Waals surface area (Å²) in [5, 5.41) is 1.96. The van der Waals surface area contributed by atoms with Gasteiger partial charge in [0.15, 0.2) is 0 Å². The minimum Gasteiger partial charge on any atom is -0.309 e. The largest absolute Gasteiger partial charge is 0.416 e. The minimum absolute atomic E-state index is 0.239. The molecule has 65 heavy (non-hydrogen) atoms. The molecule has 0 atom stereocenters. The van der Waals surface area contributed by atoms with E-state index in [1.54, 1.807) is 28.7 Å². The van der Waals surface area contributed by atoms with Crippen LogP contribution in [0.1, 0.15) is 63.1 Å². The van der Waals surface area contributed by atoms with Gasteiger partial charge in [-0.15, -0.1) is 22.7 Å². The minimum atomic E-state index is -4.33. The quantitative estimate of drug-likeness (QED) is 0.0556. The molecule has 0 aliphatic carbocycles. The molecular weight excluding hydrogens is 902 g/mol. The number of thiazole rings is 2. The zero-order valence-electron chi connectivity index (χ0n) is 35.6. The number of aryl methyl sites for hydroxylation is 2. The Hall–Kier alpha value is -5.76. The summed E-state index contributed by atoms with van der Waals surface area (Å²) in [5.74, 6) is 0. The molecule has 0 unspecified atom stereocenters. The first-order valence-corrected chi connectivity index (χ1v) is 23.6. The van der Waals surface area contributed by atoms with E-state index in [-0.39, 0.29) is 11.7 Å². The third kappa shape index (κ3) is 13.6. The van der Waals surface area contributed by atoms with E-state index in [0.29, 0.717) is 19.5 Å². The predicted molar refractivity (Wildman–Crippen MR) is 251 cm³/mol. The molecule has 0 bridgehead atoms. The summed E-state index contributed by atoms with van der Waals surface area (Å²) in [7, 11) is -3.07. The fourth-order valence-electron chi connectivity index (χ4n) is 6.27. The van der Waals surface area contributed by atoms with E-state index in [2.05, 4.69) is 49.2 Å². The van der Waals surface area contributed by atoms with E-state index in [1.807, 2.05) is 74.5 Å². The number of alkyl halides is 6. The molecule has 8 aromatic rings. The van der Waals surface area contributed by atoms with Gasteiger partial charge in [-0.3, -0.25) is 9.36 Å². The maximum atomic E-state index is 12.6. The average molecular weight is 945 g/mol. The van der Waals surface area contributed by atoms with Crippen molar-refractivity contribution in [3.63, 3.8) is 0 Å². The van der Waals surface area contributed by atoms with Crippen molar-refractivity contribution in [3.05, 3.63) is 178 Å². The predicted octanol–water partition coefficient (Wildman–Crippen LogP) is 16.0. The van der Waals surface area contributed by atoms with Crippen LogP contribution in [-0.4, -0.2) is 29.5 Å². The Kier molecular flexibility index (Phi) is 16.1. The Morgan fingerprint density at radius 2 is 0.938 bits per heavy atom. The Balaban J connectivity index is 0.000000174. The molecule has 336 valence electrons. The van der Waals surface area contributed by atoms with Crippen molar-refractivity contribution in [1.82, 2.24) is 9.97 Å². The maximum absolute atomic E-state index is 12.6. The van der Waals surface area contributed by atoms with Crippen molar-refractivity contribution < 1.29 is 44.7 Å². The first-order valence-electron chi connectivity index (χ1n) is 20.3. The second-order valence-corrected chi connectivity index (χ2v) is 18.7. The maximum Gasteiger partial charge on any atom is 0.416 e. The summed E-state index contributed by atoms with van der Waals surface area (Å²) >= 11 is 3.35. The summed E-state index contributed by atoms with van der Waals surface area (Å²) < 4.78 is 99.4. The van der Waals surface area contributed by atoms with Gasteiger partial charge in [0, 0.05) is 16.7 Å². The lowest BCUT2D eigenvalue weighted by Gasteiger charge is -2.17. The topological polar surface area (TPSA) is 78.4 Å². The molecule has 6 nitrogen and oxygen atoms in total. The van der Waals surface area contributed by atoms with Crippen molar-refractivity contribution in [1.29, 1.82) is 0 Å². The monoisotopic (exact) mass is 944 g/mol. The molecule has 0 fully saturated rings. The summed E-state index contributed by atoms with van der Waals surface area (Å²) in [5.41, 5.74) is 8.06. The molecule has 0 amide bonds. The summed E-state index contributed by atoms with van der Waals surface area (Å²) in [6.07, 6.45) is -4.17. The Morgan fingerprint density at radius 3 is 1.32 bits per heavy atom.